The lowest BCUT2D eigenvalue weighted by Crippen LogP contribution is -2.42. The number of benzene rings is 1. The predicted molar refractivity (Wildman–Crippen MR) is 70.4 cm³/mol. The van der Waals surface area contributed by atoms with E-state index in [1.165, 1.54) is 6.07 Å². The molecule has 0 aromatic heterocycles. The molecule has 0 spiro atoms. The summed E-state index contributed by atoms with van der Waals surface area (Å²) < 4.78 is 13.5. The van der Waals surface area contributed by atoms with E-state index < -0.39 is 6.04 Å². The molecule has 0 bridgehead atoms. The topological polar surface area (TPSA) is 55.1 Å². The summed E-state index contributed by atoms with van der Waals surface area (Å²) in [4.78, 5) is 11.8. The number of nitrogens with two attached hydrogens (primary N) is 1. The molecule has 1 aromatic rings. The number of nitrogens with one attached hydrogen (secondary N) is 1. The van der Waals surface area contributed by atoms with Gasteiger partial charge in [0.15, 0.2) is 0 Å². The molecular weight excluding hydrogens is 231 g/mol. The number of halogens is 1. The minimum Gasteiger partial charge on any atom is -0.348 e. The minimum absolute atomic E-state index is 0.237. The Hall–Kier alpha value is -1.42. The van der Waals surface area contributed by atoms with Gasteiger partial charge in [-0.25, -0.2) is 4.39 Å². The van der Waals surface area contributed by atoms with Crippen LogP contribution in [0, 0.1) is 11.7 Å². The Labute approximate surface area is 108 Å². The highest BCUT2D eigenvalue weighted by molar-refractivity contribution is 5.81. The zero-order valence-corrected chi connectivity index (χ0v) is 11.1. The minimum atomic E-state index is -0.542. The SMILES string of the molecule is CC(C)C[C@H](N)C(=O)NC(C)c1ccccc1F. The molecule has 0 saturated carbocycles. The fourth-order valence-corrected chi connectivity index (χ4v) is 1.84. The van der Waals surface area contributed by atoms with Crippen molar-refractivity contribution in [2.75, 3.05) is 0 Å². The van der Waals surface area contributed by atoms with Crippen molar-refractivity contribution in [3.05, 3.63) is 35.6 Å². The average Bonchev–Trinajstić information content (AvgIpc) is 2.28. The summed E-state index contributed by atoms with van der Waals surface area (Å²) in [6, 6.07) is 5.49. The molecule has 0 aliphatic heterocycles. The highest BCUT2D eigenvalue weighted by Gasteiger charge is 2.18. The van der Waals surface area contributed by atoms with Crippen LogP contribution in [0.5, 0.6) is 0 Å². The smallest absolute Gasteiger partial charge is 0.237 e. The molecule has 0 aliphatic rings. The lowest BCUT2D eigenvalue weighted by Gasteiger charge is -2.19. The van der Waals surface area contributed by atoms with Gasteiger partial charge >= 0.3 is 0 Å². The maximum absolute atomic E-state index is 13.5. The number of hydrogen-bond acceptors (Lipinski definition) is 2. The summed E-state index contributed by atoms with van der Waals surface area (Å²) in [6.07, 6.45) is 0.621. The Balaban J connectivity index is 2.62. The van der Waals surface area contributed by atoms with E-state index in [1.807, 2.05) is 13.8 Å². The van der Waals surface area contributed by atoms with Crippen molar-refractivity contribution in [1.82, 2.24) is 5.32 Å². The number of hydrogen-bond donors (Lipinski definition) is 2. The average molecular weight is 252 g/mol. The molecular formula is C14H21FN2O. The Morgan fingerprint density at radius 1 is 1.33 bits per heavy atom. The molecule has 3 N–H and O–H groups in total. The molecule has 0 heterocycles. The van der Waals surface area contributed by atoms with Crippen LogP contribution in [0.3, 0.4) is 0 Å². The first kappa shape index (κ1) is 14.6. The van der Waals surface area contributed by atoms with E-state index in [0.717, 1.165) is 0 Å². The van der Waals surface area contributed by atoms with E-state index in [0.29, 0.717) is 17.9 Å². The van der Waals surface area contributed by atoms with E-state index in [2.05, 4.69) is 5.32 Å². The predicted octanol–water partition coefficient (Wildman–Crippen LogP) is 2.38. The Kier molecular flexibility index (Phi) is 5.28. The van der Waals surface area contributed by atoms with Gasteiger partial charge in [-0.2, -0.15) is 0 Å². The molecule has 1 rings (SSSR count). The van der Waals surface area contributed by atoms with Crippen LogP contribution in [0.2, 0.25) is 0 Å². The third-order valence-corrected chi connectivity index (χ3v) is 2.79. The summed E-state index contributed by atoms with van der Waals surface area (Å²) in [7, 11) is 0. The zero-order chi connectivity index (χ0) is 13.7. The molecule has 100 valence electrons. The first-order valence-corrected chi connectivity index (χ1v) is 6.22. The van der Waals surface area contributed by atoms with Gasteiger partial charge in [-0.15, -0.1) is 0 Å². The van der Waals surface area contributed by atoms with Crippen LogP contribution in [0.15, 0.2) is 24.3 Å². The Morgan fingerprint density at radius 2 is 1.94 bits per heavy atom. The molecule has 18 heavy (non-hydrogen) atoms. The fraction of sp³-hybridized carbons (Fsp3) is 0.500. The van der Waals surface area contributed by atoms with E-state index in [9.17, 15) is 9.18 Å². The highest BCUT2D eigenvalue weighted by atomic mass is 19.1. The Morgan fingerprint density at radius 3 is 2.50 bits per heavy atom. The maximum atomic E-state index is 13.5. The van der Waals surface area contributed by atoms with Gasteiger partial charge in [-0.1, -0.05) is 32.0 Å². The summed E-state index contributed by atoms with van der Waals surface area (Å²) in [5, 5.41) is 2.74. The van der Waals surface area contributed by atoms with Crippen LogP contribution in [0.4, 0.5) is 4.39 Å². The van der Waals surface area contributed by atoms with Crippen LogP contribution >= 0.6 is 0 Å². The quantitative estimate of drug-likeness (QED) is 0.845. The molecule has 1 aromatic carbocycles. The summed E-state index contributed by atoms with van der Waals surface area (Å²) in [6.45, 7) is 5.76. The van der Waals surface area contributed by atoms with E-state index in [-0.39, 0.29) is 17.8 Å². The van der Waals surface area contributed by atoms with Gasteiger partial charge in [0, 0.05) is 5.56 Å². The van der Waals surface area contributed by atoms with Crippen molar-refractivity contribution < 1.29 is 9.18 Å². The number of carbonyl (C=O) groups is 1. The van der Waals surface area contributed by atoms with E-state index in [4.69, 9.17) is 5.73 Å². The molecule has 0 radical (unpaired) electrons. The molecule has 0 fully saturated rings. The van der Waals surface area contributed by atoms with Crippen molar-refractivity contribution in [2.24, 2.45) is 11.7 Å². The van der Waals surface area contributed by atoms with Gasteiger partial charge in [0.05, 0.1) is 12.1 Å². The van der Waals surface area contributed by atoms with Crippen molar-refractivity contribution in [1.29, 1.82) is 0 Å². The Bertz CT molecular complexity index is 407. The van der Waals surface area contributed by atoms with Crippen LogP contribution in [0.25, 0.3) is 0 Å². The summed E-state index contributed by atoms with van der Waals surface area (Å²) >= 11 is 0. The van der Waals surface area contributed by atoms with Crippen LogP contribution < -0.4 is 11.1 Å². The van der Waals surface area contributed by atoms with Gasteiger partial charge in [0.2, 0.25) is 5.91 Å². The van der Waals surface area contributed by atoms with Gasteiger partial charge in [0.1, 0.15) is 5.82 Å². The fourth-order valence-electron chi connectivity index (χ4n) is 1.84. The van der Waals surface area contributed by atoms with Crippen LogP contribution in [-0.4, -0.2) is 11.9 Å². The second-order valence-corrected chi connectivity index (χ2v) is 4.99. The van der Waals surface area contributed by atoms with Crippen molar-refractivity contribution >= 4 is 5.91 Å². The molecule has 0 aliphatic carbocycles. The first-order valence-electron chi connectivity index (χ1n) is 6.22. The monoisotopic (exact) mass is 252 g/mol. The maximum Gasteiger partial charge on any atom is 0.237 e. The van der Waals surface area contributed by atoms with Crippen molar-refractivity contribution in [3.8, 4) is 0 Å². The normalized spacial score (nSPS) is 14.3. The van der Waals surface area contributed by atoms with E-state index in [1.54, 1.807) is 25.1 Å². The number of amides is 1. The largest absolute Gasteiger partial charge is 0.348 e. The number of carbonyl (C=O) groups excluding carboxylic acids is 1. The third kappa shape index (κ3) is 4.11. The van der Waals surface area contributed by atoms with Crippen molar-refractivity contribution in [2.45, 2.75) is 39.3 Å². The first-order chi connectivity index (χ1) is 8.41. The summed E-state index contributed by atoms with van der Waals surface area (Å²) in [5.41, 5.74) is 6.25. The lowest BCUT2D eigenvalue weighted by atomic mass is 10.0. The van der Waals surface area contributed by atoms with Crippen molar-refractivity contribution in [3.63, 3.8) is 0 Å². The van der Waals surface area contributed by atoms with Gasteiger partial charge in [0.25, 0.3) is 0 Å². The standard InChI is InChI=1S/C14H21FN2O/c1-9(2)8-13(16)14(18)17-10(3)11-6-4-5-7-12(11)15/h4-7,9-10,13H,8,16H2,1-3H3,(H,17,18)/t10?,13-/m0/s1. The molecule has 4 heteroatoms. The lowest BCUT2D eigenvalue weighted by molar-refractivity contribution is -0.123. The van der Waals surface area contributed by atoms with Gasteiger partial charge < -0.3 is 11.1 Å². The van der Waals surface area contributed by atoms with Crippen LogP contribution in [-0.2, 0) is 4.79 Å². The van der Waals surface area contributed by atoms with Gasteiger partial charge in [-0.3, -0.25) is 4.79 Å². The number of rotatable bonds is 5. The van der Waals surface area contributed by atoms with Crippen LogP contribution in [0.1, 0.15) is 38.8 Å². The highest BCUT2D eigenvalue weighted by Crippen LogP contribution is 2.16. The summed E-state index contributed by atoms with van der Waals surface area (Å²) in [5.74, 6) is -0.197. The van der Waals surface area contributed by atoms with Gasteiger partial charge in [-0.05, 0) is 25.3 Å². The zero-order valence-electron chi connectivity index (χ0n) is 11.1. The molecule has 1 unspecified atom stereocenters. The van der Waals surface area contributed by atoms with E-state index >= 15 is 0 Å². The second-order valence-electron chi connectivity index (χ2n) is 4.99. The molecule has 3 nitrogen and oxygen atoms in total. The second kappa shape index (κ2) is 6.50. The molecule has 1 amide bonds. The molecule has 2 atom stereocenters. The third-order valence-electron chi connectivity index (χ3n) is 2.79. The molecule has 0 saturated heterocycles.